The Labute approximate surface area is 223 Å². The number of methoxy groups -OCH3 is 1. The first kappa shape index (κ1) is 28.0. The molecule has 1 aromatic carbocycles. The Morgan fingerprint density at radius 3 is 2.58 bits per heavy atom. The number of hydrogen-bond donors (Lipinski definition) is 1. The molecule has 0 spiro atoms. The fraction of sp³-hybridized carbons (Fsp3) is 0.480. The smallest absolute Gasteiger partial charge is 0.348 e. The molecule has 0 amide bonds. The predicted molar refractivity (Wildman–Crippen MR) is 143 cm³/mol. The highest BCUT2D eigenvalue weighted by molar-refractivity contribution is 5.85. The van der Waals surface area contributed by atoms with Crippen LogP contribution in [0.1, 0.15) is 24.2 Å². The number of fused-ring (bicyclic) bond motifs is 2. The van der Waals surface area contributed by atoms with Gasteiger partial charge in [0.25, 0.3) is 0 Å². The minimum Gasteiger partial charge on any atom is -0.497 e. The second kappa shape index (κ2) is 12.6. The molecule has 196 valence electrons. The molecule has 2 aliphatic rings. The number of nitrogens with one attached hydrogen (secondary N) is 1. The van der Waals surface area contributed by atoms with Crippen LogP contribution in [0.4, 0.5) is 0 Å². The molecule has 1 N–H and O–H groups in total. The van der Waals surface area contributed by atoms with Crippen LogP contribution in [0.5, 0.6) is 17.2 Å². The van der Waals surface area contributed by atoms with Gasteiger partial charge in [0.15, 0.2) is 11.5 Å². The van der Waals surface area contributed by atoms with Crippen LogP contribution in [0.3, 0.4) is 0 Å². The zero-order valence-corrected chi connectivity index (χ0v) is 22.2. The first-order chi connectivity index (χ1) is 16.6. The maximum atomic E-state index is 12.6. The normalized spacial score (nSPS) is 15.7. The Morgan fingerprint density at radius 2 is 1.83 bits per heavy atom. The monoisotopic (exact) mass is 537 g/mol. The molecule has 3 aromatic rings. The third kappa shape index (κ3) is 6.21. The number of ether oxygens (including phenoxy) is 3. The highest BCUT2D eigenvalue weighted by Crippen LogP contribution is 2.29. The summed E-state index contributed by atoms with van der Waals surface area (Å²) in [5.74, 6) is 2.24. The second-order valence-corrected chi connectivity index (χ2v) is 8.83. The molecule has 11 heteroatoms. The topological polar surface area (TPSA) is 90.7 Å². The van der Waals surface area contributed by atoms with E-state index >= 15 is 0 Å². The summed E-state index contributed by atoms with van der Waals surface area (Å²) < 4.78 is 18.3. The lowest BCUT2D eigenvalue weighted by molar-refractivity contribution is 0.170. The quantitative estimate of drug-likeness (QED) is 0.491. The first-order valence-electron chi connectivity index (χ1n) is 11.9. The van der Waals surface area contributed by atoms with Crippen molar-refractivity contribution in [1.82, 2.24) is 24.8 Å². The van der Waals surface area contributed by atoms with Crippen LogP contribution in [0.25, 0.3) is 10.9 Å². The van der Waals surface area contributed by atoms with Crippen LogP contribution in [0, 0.1) is 6.92 Å². The van der Waals surface area contributed by atoms with Crippen molar-refractivity contribution in [2.45, 2.75) is 38.9 Å². The van der Waals surface area contributed by atoms with Crippen molar-refractivity contribution in [3.63, 3.8) is 0 Å². The van der Waals surface area contributed by atoms with Gasteiger partial charge in [0.2, 0.25) is 0 Å². The van der Waals surface area contributed by atoms with Crippen molar-refractivity contribution in [3.8, 4) is 17.2 Å². The molecule has 0 bridgehead atoms. The average molecular weight is 538 g/mol. The van der Waals surface area contributed by atoms with Crippen LogP contribution in [0.15, 0.2) is 35.3 Å². The van der Waals surface area contributed by atoms with Crippen LogP contribution in [-0.4, -0.2) is 65.4 Å². The minimum atomic E-state index is -0.207. The number of aryl methyl sites for hydroxylation is 1. The zero-order chi connectivity index (χ0) is 23.5. The summed E-state index contributed by atoms with van der Waals surface area (Å²) in [7, 11) is 1.64. The predicted octanol–water partition coefficient (Wildman–Crippen LogP) is 2.98. The van der Waals surface area contributed by atoms with Gasteiger partial charge in [-0.25, -0.2) is 4.79 Å². The van der Waals surface area contributed by atoms with Gasteiger partial charge in [0.05, 0.1) is 30.2 Å². The van der Waals surface area contributed by atoms with Gasteiger partial charge < -0.3 is 24.4 Å². The van der Waals surface area contributed by atoms with Crippen molar-refractivity contribution < 1.29 is 14.2 Å². The maximum Gasteiger partial charge on any atom is 0.348 e. The van der Waals surface area contributed by atoms with Gasteiger partial charge in [-0.15, -0.1) is 24.8 Å². The number of nitrogens with zero attached hydrogens (tertiary/aromatic N) is 4. The number of benzene rings is 1. The van der Waals surface area contributed by atoms with E-state index < -0.39 is 0 Å². The molecule has 4 heterocycles. The zero-order valence-electron chi connectivity index (χ0n) is 20.6. The van der Waals surface area contributed by atoms with Gasteiger partial charge in [-0.3, -0.25) is 9.55 Å². The van der Waals surface area contributed by atoms with Crippen molar-refractivity contribution in [2.24, 2.45) is 0 Å². The number of pyridine rings is 1. The summed E-state index contributed by atoms with van der Waals surface area (Å²) in [5.41, 5.74) is 2.38. The number of rotatable bonds is 7. The third-order valence-electron chi connectivity index (χ3n) is 6.67. The summed E-state index contributed by atoms with van der Waals surface area (Å²) >= 11 is 0. The minimum absolute atomic E-state index is 0. The lowest BCUT2D eigenvalue weighted by atomic mass is 10.0. The maximum absolute atomic E-state index is 12.6. The molecule has 2 aliphatic heterocycles. The van der Waals surface area contributed by atoms with Crippen molar-refractivity contribution >= 4 is 35.7 Å². The van der Waals surface area contributed by atoms with E-state index in [1.165, 1.54) is 0 Å². The fourth-order valence-electron chi connectivity index (χ4n) is 4.69. The van der Waals surface area contributed by atoms with Crippen LogP contribution >= 0.6 is 24.8 Å². The van der Waals surface area contributed by atoms with Gasteiger partial charge in [0, 0.05) is 43.2 Å². The molecular weight excluding hydrogens is 505 g/mol. The van der Waals surface area contributed by atoms with Crippen LogP contribution < -0.4 is 25.2 Å². The number of likely N-dealkylation sites (tertiary alicyclic amines) is 1. The number of halogens is 2. The van der Waals surface area contributed by atoms with Gasteiger partial charge in [-0.2, -0.15) is 4.98 Å². The Kier molecular flexibility index (Phi) is 9.78. The van der Waals surface area contributed by atoms with Gasteiger partial charge in [-0.05, 0) is 45.0 Å². The molecule has 0 saturated carbocycles. The summed E-state index contributed by atoms with van der Waals surface area (Å²) in [6.45, 7) is 7.13. The summed E-state index contributed by atoms with van der Waals surface area (Å²) in [5, 5.41) is 4.61. The Morgan fingerprint density at radius 1 is 1.08 bits per heavy atom. The van der Waals surface area contributed by atoms with E-state index in [4.69, 9.17) is 14.2 Å². The van der Waals surface area contributed by atoms with E-state index in [1.54, 1.807) is 17.9 Å². The molecule has 1 saturated heterocycles. The van der Waals surface area contributed by atoms with E-state index in [0.717, 1.165) is 72.0 Å². The van der Waals surface area contributed by atoms with Gasteiger partial charge in [0.1, 0.15) is 19.0 Å². The van der Waals surface area contributed by atoms with Gasteiger partial charge >= 0.3 is 5.69 Å². The van der Waals surface area contributed by atoms with Crippen molar-refractivity contribution in [1.29, 1.82) is 0 Å². The van der Waals surface area contributed by atoms with Crippen LogP contribution in [-0.2, 0) is 13.1 Å². The van der Waals surface area contributed by atoms with E-state index in [2.05, 4.69) is 20.2 Å². The summed E-state index contributed by atoms with van der Waals surface area (Å²) in [6, 6.07) is 8.21. The lowest BCUT2D eigenvalue weighted by Gasteiger charge is -2.32. The third-order valence-corrected chi connectivity index (χ3v) is 6.67. The highest BCUT2D eigenvalue weighted by Gasteiger charge is 2.20. The lowest BCUT2D eigenvalue weighted by Crippen LogP contribution is -2.43. The largest absolute Gasteiger partial charge is 0.497 e. The first-order valence-corrected chi connectivity index (χ1v) is 11.9. The summed E-state index contributed by atoms with van der Waals surface area (Å²) in [6.07, 6.45) is 3.86. The molecule has 0 atom stereocenters. The number of hydrogen-bond acceptors (Lipinski definition) is 8. The Hall–Kier alpha value is -2.59. The molecule has 2 aromatic heterocycles. The molecule has 0 radical (unpaired) electrons. The van der Waals surface area contributed by atoms with Crippen molar-refractivity contribution in [3.05, 3.63) is 52.3 Å². The Balaban J connectivity index is 0.00000180. The molecule has 36 heavy (non-hydrogen) atoms. The van der Waals surface area contributed by atoms with E-state index in [-0.39, 0.29) is 30.5 Å². The number of piperidine rings is 1. The molecule has 5 rings (SSSR count). The van der Waals surface area contributed by atoms with Crippen LogP contribution in [0.2, 0.25) is 0 Å². The molecular formula is C25H33Cl2N5O4. The van der Waals surface area contributed by atoms with E-state index in [9.17, 15) is 4.79 Å². The molecule has 0 aliphatic carbocycles. The number of aromatic nitrogens is 3. The summed E-state index contributed by atoms with van der Waals surface area (Å²) in [4.78, 5) is 23.8. The van der Waals surface area contributed by atoms with E-state index in [0.29, 0.717) is 32.3 Å². The fourth-order valence-corrected chi connectivity index (χ4v) is 4.69. The van der Waals surface area contributed by atoms with Gasteiger partial charge in [-0.1, -0.05) is 0 Å². The molecule has 1 fully saturated rings. The standard InChI is InChI=1S/C25H31N5O4.2ClH/c1-17-21-4-3-20(32-2)14-22(21)30(25(31)28-17)10-9-29-7-5-18(6-8-29)26-15-19-13-23-24(16-27-19)34-12-11-33-23;;/h3-4,13-14,16,18,26H,5-12,15H2,1-2H3;2*1H. The van der Waals surface area contributed by atoms with Crippen molar-refractivity contribution in [2.75, 3.05) is 40.0 Å². The highest BCUT2D eigenvalue weighted by atomic mass is 35.5. The molecule has 9 nitrogen and oxygen atoms in total. The average Bonchev–Trinajstić information content (AvgIpc) is 2.87. The Bertz CT molecular complexity index is 1230. The second-order valence-electron chi connectivity index (χ2n) is 8.83. The SMILES string of the molecule is COc1ccc2c(C)nc(=O)n(CCN3CCC(NCc4cc5c(cn4)OCCO5)CC3)c2c1.Cl.Cl. The van der Waals surface area contributed by atoms with E-state index in [1.807, 2.05) is 31.2 Å². The molecule has 0 unspecified atom stereocenters.